The van der Waals surface area contributed by atoms with Crippen LogP contribution in [0.2, 0.25) is 0 Å². The minimum absolute atomic E-state index is 0.0366. The zero-order valence-corrected chi connectivity index (χ0v) is 11.0. The first-order chi connectivity index (χ1) is 8.80. The van der Waals surface area contributed by atoms with Gasteiger partial charge in [0.2, 0.25) is 5.91 Å². The molecule has 5 nitrogen and oxygen atoms in total. The third-order valence-corrected chi connectivity index (χ3v) is 2.30. The normalized spacial score (nSPS) is 11.2. The number of halogens is 3. The molecule has 0 rings (SSSR count). The van der Waals surface area contributed by atoms with Crippen molar-refractivity contribution in [2.24, 2.45) is 0 Å². The lowest BCUT2D eigenvalue weighted by Gasteiger charge is -2.23. The van der Waals surface area contributed by atoms with Crippen LogP contribution >= 0.6 is 0 Å². The molecule has 0 aliphatic heterocycles. The van der Waals surface area contributed by atoms with Crippen LogP contribution in [0.15, 0.2) is 0 Å². The Hall–Kier alpha value is -1.31. The van der Waals surface area contributed by atoms with E-state index in [9.17, 15) is 22.8 Å². The summed E-state index contributed by atoms with van der Waals surface area (Å²) in [7, 11) is 1.14. The van der Waals surface area contributed by atoms with Crippen LogP contribution in [0.5, 0.6) is 0 Å². The van der Waals surface area contributed by atoms with E-state index >= 15 is 0 Å². The summed E-state index contributed by atoms with van der Waals surface area (Å²) in [5, 5.41) is 2.85. The van der Waals surface area contributed by atoms with Gasteiger partial charge in [-0.05, 0) is 6.54 Å². The summed E-state index contributed by atoms with van der Waals surface area (Å²) in [6, 6.07) is 0. The van der Waals surface area contributed by atoms with E-state index in [1.165, 1.54) is 0 Å². The van der Waals surface area contributed by atoms with E-state index in [0.29, 0.717) is 18.0 Å². The van der Waals surface area contributed by atoms with E-state index in [2.05, 4.69) is 10.1 Å². The van der Waals surface area contributed by atoms with Crippen molar-refractivity contribution in [3.8, 4) is 0 Å². The molecule has 0 saturated carbocycles. The van der Waals surface area contributed by atoms with E-state index in [-0.39, 0.29) is 19.4 Å². The summed E-state index contributed by atoms with van der Waals surface area (Å²) in [6.07, 6.45) is -4.77. The van der Waals surface area contributed by atoms with E-state index in [1.807, 2.05) is 6.92 Å². The van der Waals surface area contributed by atoms with E-state index in [1.54, 1.807) is 0 Å². The molecule has 0 atom stereocenters. The molecule has 0 spiro atoms. The largest absolute Gasteiger partial charge is 0.469 e. The first kappa shape index (κ1) is 17.7. The Morgan fingerprint density at radius 1 is 1.26 bits per heavy atom. The second-order valence-corrected chi connectivity index (χ2v) is 3.86. The van der Waals surface area contributed by atoms with Crippen molar-refractivity contribution in [2.45, 2.75) is 25.9 Å². The van der Waals surface area contributed by atoms with Gasteiger partial charge in [-0.2, -0.15) is 13.2 Å². The fourth-order valence-corrected chi connectivity index (χ4v) is 1.37. The van der Waals surface area contributed by atoms with Crippen LogP contribution in [0, 0.1) is 0 Å². The highest BCUT2D eigenvalue weighted by molar-refractivity contribution is 5.77. The number of hydrogen-bond donors (Lipinski definition) is 1. The zero-order valence-electron chi connectivity index (χ0n) is 11.0. The number of carbonyl (C=O) groups is 2. The number of amides is 1. The molecule has 0 radical (unpaired) electrons. The van der Waals surface area contributed by atoms with Gasteiger partial charge in [0.05, 0.1) is 13.5 Å². The molecule has 0 aromatic carbocycles. The monoisotopic (exact) mass is 284 g/mol. The van der Waals surface area contributed by atoms with Gasteiger partial charge < -0.3 is 15.0 Å². The molecule has 0 aliphatic rings. The highest BCUT2D eigenvalue weighted by Gasteiger charge is 2.32. The van der Waals surface area contributed by atoms with Crippen molar-refractivity contribution in [1.29, 1.82) is 0 Å². The molecule has 0 heterocycles. The predicted octanol–water partition coefficient (Wildman–Crippen LogP) is 0.940. The molecule has 19 heavy (non-hydrogen) atoms. The quantitative estimate of drug-likeness (QED) is 0.532. The fraction of sp³-hybridized carbons (Fsp3) is 0.818. The summed E-state index contributed by atoms with van der Waals surface area (Å²) in [5.74, 6) is -1.28. The average molecular weight is 284 g/mol. The Morgan fingerprint density at radius 2 is 1.89 bits per heavy atom. The van der Waals surface area contributed by atoms with Gasteiger partial charge in [-0.1, -0.05) is 6.92 Å². The molecular formula is C11H19F3N2O3. The van der Waals surface area contributed by atoms with Crippen molar-refractivity contribution in [1.82, 2.24) is 10.2 Å². The third-order valence-electron chi connectivity index (χ3n) is 2.30. The summed E-state index contributed by atoms with van der Waals surface area (Å²) in [6.45, 7) is 1.12. The summed E-state index contributed by atoms with van der Waals surface area (Å²) in [4.78, 5) is 23.2. The van der Waals surface area contributed by atoms with Gasteiger partial charge in [-0.3, -0.25) is 9.59 Å². The van der Waals surface area contributed by atoms with Crippen LogP contribution in [-0.2, 0) is 14.3 Å². The second-order valence-electron chi connectivity index (χ2n) is 3.86. The molecule has 8 heteroatoms. The number of methoxy groups -OCH3 is 1. The maximum Gasteiger partial charge on any atom is 0.406 e. The van der Waals surface area contributed by atoms with Gasteiger partial charge >= 0.3 is 12.1 Å². The van der Waals surface area contributed by atoms with Crippen LogP contribution in [-0.4, -0.2) is 56.2 Å². The highest BCUT2D eigenvalue weighted by Crippen LogP contribution is 2.17. The van der Waals surface area contributed by atoms with Crippen LogP contribution in [0.4, 0.5) is 13.2 Å². The molecule has 0 unspecified atom stereocenters. The standard InChI is InChI=1S/C11H19F3N2O3/c1-3-15-6-4-9(17)16(8-11(12,13)14)7-5-10(18)19-2/h15H,3-8H2,1-2H3. The minimum atomic E-state index is -4.48. The van der Waals surface area contributed by atoms with E-state index in [4.69, 9.17) is 0 Å². The number of carbonyl (C=O) groups excluding carboxylic acids is 2. The smallest absolute Gasteiger partial charge is 0.406 e. The van der Waals surface area contributed by atoms with Gasteiger partial charge in [0.25, 0.3) is 0 Å². The van der Waals surface area contributed by atoms with Crippen LogP contribution in [0.3, 0.4) is 0 Å². The predicted molar refractivity (Wildman–Crippen MR) is 62.4 cm³/mol. The lowest BCUT2D eigenvalue weighted by Crippen LogP contribution is -2.41. The Balaban J connectivity index is 4.39. The fourth-order valence-electron chi connectivity index (χ4n) is 1.37. The van der Waals surface area contributed by atoms with Gasteiger partial charge in [0, 0.05) is 19.5 Å². The minimum Gasteiger partial charge on any atom is -0.469 e. The Kier molecular flexibility index (Phi) is 8.13. The molecule has 0 fully saturated rings. The van der Waals surface area contributed by atoms with Crippen LogP contribution < -0.4 is 5.32 Å². The summed E-state index contributed by atoms with van der Waals surface area (Å²) in [5.41, 5.74) is 0. The van der Waals surface area contributed by atoms with Gasteiger partial charge in [-0.15, -0.1) is 0 Å². The maximum atomic E-state index is 12.3. The number of rotatable bonds is 8. The molecule has 1 N–H and O–H groups in total. The Labute approximate surface area is 110 Å². The molecule has 0 aromatic heterocycles. The lowest BCUT2D eigenvalue weighted by atomic mass is 10.3. The van der Waals surface area contributed by atoms with Crippen molar-refractivity contribution in [3.63, 3.8) is 0 Å². The molecule has 0 bridgehead atoms. The average Bonchev–Trinajstić information content (AvgIpc) is 2.32. The van der Waals surface area contributed by atoms with Gasteiger partial charge in [-0.25, -0.2) is 0 Å². The molecule has 0 aliphatic carbocycles. The number of ether oxygens (including phenoxy) is 1. The molecule has 112 valence electrons. The second kappa shape index (κ2) is 8.73. The number of hydrogen-bond acceptors (Lipinski definition) is 4. The molecule has 1 amide bonds. The maximum absolute atomic E-state index is 12.3. The SMILES string of the molecule is CCNCCC(=O)N(CCC(=O)OC)CC(F)(F)F. The van der Waals surface area contributed by atoms with Crippen LogP contribution in [0.25, 0.3) is 0 Å². The lowest BCUT2D eigenvalue weighted by molar-refractivity contribution is -0.162. The van der Waals surface area contributed by atoms with E-state index in [0.717, 1.165) is 7.11 Å². The Bertz CT molecular complexity index is 295. The molecular weight excluding hydrogens is 265 g/mol. The van der Waals surface area contributed by atoms with Crippen molar-refractivity contribution in [3.05, 3.63) is 0 Å². The summed E-state index contributed by atoms with van der Waals surface area (Å²) < 4.78 is 41.3. The van der Waals surface area contributed by atoms with Gasteiger partial charge in [0.15, 0.2) is 0 Å². The van der Waals surface area contributed by atoms with E-state index < -0.39 is 24.6 Å². The number of alkyl halides is 3. The third kappa shape index (κ3) is 9.29. The number of esters is 1. The first-order valence-corrected chi connectivity index (χ1v) is 5.92. The Morgan fingerprint density at radius 3 is 2.37 bits per heavy atom. The van der Waals surface area contributed by atoms with Crippen molar-refractivity contribution >= 4 is 11.9 Å². The number of nitrogens with zero attached hydrogens (tertiary/aromatic N) is 1. The van der Waals surface area contributed by atoms with Gasteiger partial charge in [0.1, 0.15) is 6.54 Å². The van der Waals surface area contributed by atoms with Crippen molar-refractivity contribution < 1.29 is 27.5 Å². The topological polar surface area (TPSA) is 58.6 Å². The first-order valence-electron chi connectivity index (χ1n) is 5.92. The highest BCUT2D eigenvalue weighted by atomic mass is 19.4. The molecule has 0 aromatic rings. The zero-order chi connectivity index (χ0) is 14.9. The van der Waals surface area contributed by atoms with Crippen LogP contribution in [0.1, 0.15) is 19.8 Å². The summed E-state index contributed by atoms with van der Waals surface area (Å²) >= 11 is 0. The van der Waals surface area contributed by atoms with Crippen molar-refractivity contribution in [2.75, 3.05) is 33.3 Å². The molecule has 0 saturated heterocycles. The number of nitrogens with one attached hydrogen (secondary N) is 1.